The van der Waals surface area contributed by atoms with Crippen molar-refractivity contribution < 1.29 is 28.6 Å². The van der Waals surface area contributed by atoms with Crippen molar-refractivity contribution in [2.45, 2.75) is 297 Å². The summed E-state index contributed by atoms with van der Waals surface area (Å²) in [5, 5.41) is 0. The lowest BCUT2D eigenvalue weighted by atomic mass is 10.1. The number of carbonyl (C=O) groups excluding carboxylic acids is 3. The van der Waals surface area contributed by atoms with Crippen molar-refractivity contribution in [1.29, 1.82) is 0 Å². The normalized spacial score (nSPS) is 12.5. The van der Waals surface area contributed by atoms with E-state index >= 15 is 0 Å². The molecule has 0 spiro atoms. The third-order valence-corrected chi connectivity index (χ3v) is 12.5. The summed E-state index contributed by atoms with van der Waals surface area (Å²) in [4.78, 5) is 38.2. The van der Waals surface area contributed by atoms with Crippen molar-refractivity contribution in [3.05, 3.63) is 60.8 Å². The summed E-state index contributed by atoms with van der Waals surface area (Å²) in [5.74, 6) is -0.899. The van der Waals surface area contributed by atoms with Gasteiger partial charge in [-0.05, 0) is 109 Å². The van der Waals surface area contributed by atoms with Crippen molar-refractivity contribution in [3.8, 4) is 0 Å². The lowest BCUT2D eigenvalue weighted by Crippen LogP contribution is -2.30. The summed E-state index contributed by atoms with van der Waals surface area (Å²) in [5.41, 5.74) is 0. The van der Waals surface area contributed by atoms with E-state index in [0.717, 1.165) is 89.9 Å². The van der Waals surface area contributed by atoms with Crippen LogP contribution in [0, 0.1) is 0 Å². The summed E-state index contributed by atoms with van der Waals surface area (Å²) in [6.07, 6.45) is 69.1. The van der Waals surface area contributed by atoms with Crippen LogP contribution in [0.3, 0.4) is 0 Å². The Morgan fingerprint density at radius 1 is 0.299 bits per heavy atom. The zero-order valence-corrected chi connectivity index (χ0v) is 44.4. The number of allylic oxidation sites excluding steroid dienone is 10. The van der Waals surface area contributed by atoms with Gasteiger partial charge in [-0.3, -0.25) is 14.4 Å². The molecule has 0 rings (SSSR count). The van der Waals surface area contributed by atoms with Crippen LogP contribution in [-0.4, -0.2) is 37.2 Å². The molecule has 388 valence electrons. The van der Waals surface area contributed by atoms with Crippen molar-refractivity contribution in [3.63, 3.8) is 0 Å². The van der Waals surface area contributed by atoms with Gasteiger partial charge < -0.3 is 14.2 Å². The number of rotatable bonds is 52. The van der Waals surface area contributed by atoms with Gasteiger partial charge >= 0.3 is 17.9 Å². The first-order chi connectivity index (χ1) is 33.0. The number of carbonyl (C=O) groups is 3. The van der Waals surface area contributed by atoms with Gasteiger partial charge in [-0.25, -0.2) is 0 Å². The second-order valence-electron chi connectivity index (χ2n) is 19.2. The third-order valence-electron chi connectivity index (χ3n) is 12.5. The maximum atomic E-state index is 12.9. The van der Waals surface area contributed by atoms with Crippen LogP contribution in [0.1, 0.15) is 290 Å². The fraction of sp³-hybridized carbons (Fsp3) is 0.787. The van der Waals surface area contributed by atoms with Crippen molar-refractivity contribution >= 4 is 17.9 Å². The lowest BCUT2D eigenvalue weighted by molar-refractivity contribution is -0.167. The van der Waals surface area contributed by atoms with E-state index < -0.39 is 6.10 Å². The summed E-state index contributed by atoms with van der Waals surface area (Å²) in [6.45, 7) is 6.58. The largest absolute Gasteiger partial charge is 0.462 e. The molecule has 0 aromatic rings. The van der Waals surface area contributed by atoms with Crippen LogP contribution in [0.25, 0.3) is 0 Å². The van der Waals surface area contributed by atoms with Crippen LogP contribution in [-0.2, 0) is 28.6 Å². The molecule has 0 saturated heterocycles. The summed E-state index contributed by atoms with van der Waals surface area (Å²) >= 11 is 0. The maximum absolute atomic E-state index is 12.9. The topological polar surface area (TPSA) is 78.9 Å². The van der Waals surface area contributed by atoms with E-state index in [0.29, 0.717) is 19.3 Å². The molecule has 6 nitrogen and oxygen atoms in total. The van der Waals surface area contributed by atoms with E-state index in [2.05, 4.69) is 81.5 Å². The monoisotopic (exact) mass is 937 g/mol. The van der Waals surface area contributed by atoms with E-state index in [1.807, 2.05) is 0 Å². The Morgan fingerprint density at radius 3 is 0.866 bits per heavy atom. The fourth-order valence-electron chi connectivity index (χ4n) is 8.09. The smallest absolute Gasteiger partial charge is 0.306 e. The summed E-state index contributed by atoms with van der Waals surface area (Å²) < 4.78 is 16.9. The highest BCUT2D eigenvalue weighted by Crippen LogP contribution is 2.15. The van der Waals surface area contributed by atoms with Crippen LogP contribution in [0.2, 0.25) is 0 Å². The number of ether oxygens (including phenoxy) is 3. The molecule has 0 N–H and O–H groups in total. The van der Waals surface area contributed by atoms with E-state index in [9.17, 15) is 14.4 Å². The minimum atomic E-state index is -0.785. The van der Waals surface area contributed by atoms with E-state index in [1.165, 1.54) is 161 Å². The van der Waals surface area contributed by atoms with Gasteiger partial charge in [0.05, 0.1) is 0 Å². The highest BCUT2D eigenvalue weighted by Gasteiger charge is 2.19. The van der Waals surface area contributed by atoms with Gasteiger partial charge in [-0.15, -0.1) is 0 Å². The molecule has 0 aromatic heterocycles. The zero-order chi connectivity index (χ0) is 48.6. The Balaban J connectivity index is 4.41. The van der Waals surface area contributed by atoms with Crippen LogP contribution in [0.4, 0.5) is 0 Å². The average molecular weight is 938 g/mol. The van der Waals surface area contributed by atoms with Gasteiger partial charge in [-0.2, -0.15) is 0 Å². The third kappa shape index (κ3) is 53.9. The van der Waals surface area contributed by atoms with Crippen molar-refractivity contribution in [2.75, 3.05) is 13.2 Å². The quantitative estimate of drug-likeness (QED) is 0.0262. The molecule has 0 aliphatic carbocycles. The highest BCUT2D eigenvalue weighted by atomic mass is 16.6. The first-order valence-electron chi connectivity index (χ1n) is 28.8. The minimum absolute atomic E-state index is 0.0839. The molecule has 0 heterocycles. The Hall–Kier alpha value is -2.89. The molecule has 0 radical (unpaired) electrons. The van der Waals surface area contributed by atoms with Crippen molar-refractivity contribution in [2.24, 2.45) is 0 Å². The van der Waals surface area contributed by atoms with E-state index in [4.69, 9.17) is 14.2 Å². The molecule has 6 heteroatoms. The average Bonchev–Trinajstić information content (AvgIpc) is 3.33. The zero-order valence-electron chi connectivity index (χ0n) is 44.4. The Labute approximate surface area is 415 Å². The van der Waals surface area contributed by atoms with Gasteiger partial charge in [0.2, 0.25) is 0 Å². The molecular formula is C61H108O6. The van der Waals surface area contributed by atoms with Gasteiger partial charge in [0.25, 0.3) is 0 Å². The molecule has 67 heavy (non-hydrogen) atoms. The Morgan fingerprint density at radius 2 is 0.537 bits per heavy atom. The van der Waals surface area contributed by atoms with E-state index in [1.54, 1.807) is 0 Å². The van der Waals surface area contributed by atoms with Crippen LogP contribution >= 0.6 is 0 Å². The Bertz CT molecular complexity index is 1210. The van der Waals surface area contributed by atoms with Crippen LogP contribution in [0.15, 0.2) is 60.8 Å². The molecule has 0 aliphatic heterocycles. The molecule has 0 bridgehead atoms. The first-order valence-corrected chi connectivity index (χ1v) is 28.8. The molecule has 1 unspecified atom stereocenters. The SMILES string of the molecule is CCCCC/C=C\C/C=C\CCCCCCCCCC(=O)OCC(COC(=O)CCCCCCC/C=C\C/C=C\CCCCC)OC(=O)CCCCCCCCC/C=C\CCCCCCCC. The number of hydrogen-bond donors (Lipinski definition) is 0. The first kappa shape index (κ1) is 64.1. The fourth-order valence-corrected chi connectivity index (χ4v) is 8.09. The second kappa shape index (κ2) is 55.7. The standard InChI is InChI=1S/C61H108O6/c1-4-7-10-13-16-19-22-25-28-30-33-36-39-42-45-48-51-54-60(63)66-57-58(56-65-59(62)53-50-47-44-41-38-35-32-27-24-21-18-15-12-9-6-3)67-61(64)55-52-49-46-43-40-37-34-31-29-26-23-20-17-14-11-8-5-2/h16,18-19,21,25-29,32,58H,4-15,17,20,22-24,30-31,33-57H2,1-3H3/b19-16-,21-18-,28-25-,29-26-,32-27-. The number of esters is 3. The molecule has 0 aromatic carbocycles. The minimum Gasteiger partial charge on any atom is -0.462 e. The van der Waals surface area contributed by atoms with Gasteiger partial charge in [0, 0.05) is 19.3 Å². The predicted octanol–water partition coefficient (Wildman–Crippen LogP) is 19.2. The molecule has 0 aliphatic rings. The molecule has 1 atom stereocenters. The van der Waals surface area contributed by atoms with Gasteiger partial charge in [-0.1, -0.05) is 223 Å². The maximum Gasteiger partial charge on any atom is 0.306 e. The molecule has 0 fully saturated rings. The highest BCUT2D eigenvalue weighted by molar-refractivity contribution is 5.71. The molecular weight excluding hydrogens is 829 g/mol. The van der Waals surface area contributed by atoms with Crippen molar-refractivity contribution in [1.82, 2.24) is 0 Å². The van der Waals surface area contributed by atoms with Gasteiger partial charge in [0.1, 0.15) is 13.2 Å². The summed E-state index contributed by atoms with van der Waals surface area (Å²) in [7, 11) is 0. The van der Waals surface area contributed by atoms with Gasteiger partial charge in [0.15, 0.2) is 6.10 Å². The predicted molar refractivity (Wildman–Crippen MR) is 288 cm³/mol. The number of hydrogen-bond acceptors (Lipinski definition) is 6. The summed E-state index contributed by atoms with van der Waals surface area (Å²) in [6, 6.07) is 0. The van der Waals surface area contributed by atoms with Crippen LogP contribution < -0.4 is 0 Å². The van der Waals surface area contributed by atoms with Crippen LogP contribution in [0.5, 0.6) is 0 Å². The second-order valence-corrected chi connectivity index (χ2v) is 19.2. The number of unbranched alkanes of at least 4 members (excludes halogenated alkanes) is 31. The Kier molecular flexibility index (Phi) is 53.3. The van der Waals surface area contributed by atoms with E-state index in [-0.39, 0.29) is 31.1 Å². The lowest BCUT2D eigenvalue weighted by Gasteiger charge is -2.18. The molecule has 0 amide bonds. The molecule has 0 saturated carbocycles.